The number of aliphatic hydroxyl groups excluding tert-OH is 2. The average Bonchev–Trinajstić information content (AvgIpc) is 1.58. The second kappa shape index (κ2) is 47.5. The molecule has 15 aromatic rings. The van der Waals surface area contributed by atoms with Crippen LogP contribution in [0.1, 0.15) is 58.2 Å². The number of aromatic nitrogens is 6. The molecule has 0 bridgehead atoms. The van der Waals surface area contributed by atoms with Crippen LogP contribution in [-0.2, 0) is 143 Å². The van der Waals surface area contributed by atoms with E-state index in [1.165, 1.54) is 68.2 Å². The number of fused-ring (bicyclic) bond motifs is 7. The Labute approximate surface area is 741 Å². The van der Waals surface area contributed by atoms with E-state index in [2.05, 4.69) is 118 Å². The summed E-state index contributed by atoms with van der Waals surface area (Å²) in [6, 6.07) is 90.9. The Bertz CT molecular complexity index is 5330. The molecule has 0 fully saturated rings. The van der Waals surface area contributed by atoms with Crippen LogP contribution in [0.5, 0.6) is 0 Å². The Morgan fingerprint density at radius 3 is 1.63 bits per heavy atom. The van der Waals surface area contributed by atoms with Gasteiger partial charge in [-0.1, -0.05) is 132 Å². The average molecular weight is 2590 g/mol. The maximum absolute atomic E-state index is 12.3. The molecule has 14 nitrogen and oxygen atoms in total. The largest absolute Gasteiger partial charge is 0.514 e. The Kier molecular flexibility index (Phi) is 40.5. The number of para-hydroxylation sites is 3. The third kappa shape index (κ3) is 27.9. The van der Waals surface area contributed by atoms with Gasteiger partial charge in [0.25, 0.3) is 0 Å². The molecule has 113 heavy (non-hydrogen) atoms. The van der Waals surface area contributed by atoms with Crippen LogP contribution in [0.2, 0.25) is 0 Å². The molecule has 0 saturated carbocycles. The van der Waals surface area contributed by atoms with Gasteiger partial charge in [0.15, 0.2) is 11.6 Å². The van der Waals surface area contributed by atoms with Crippen LogP contribution in [0.3, 0.4) is 0 Å². The second-order valence-corrected chi connectivity index (χ2v) is 25.2. The molecule has 2 aliphatic rings. The minimum Gasteiger partial charge on any atom is -0.514 e. The molecule has 1 aliphatic carbocycles. The molecule has 0 unspecified atom stereocenters. The molecule has 0 amide bonds. The zero-order valence-corrected chi connectivity index (χ0v) is 76.5. The van der Waals surface area contributed by atoms with Crippen molar-refractivity contribution in [2.24, 2.45) is 0 Å². The van der Waals surface area contributed by atoms with Crippen molar-refractivity contribution in [3.63, 3.8) is 0 Å². The van der Waals surface area contributed by atoms with Crippen LogP contribution in [0.15, 0.2) is 312 Å². The molecular weight excluding hydrogens is 2520 g/mol. The third-order valence-electron chi connectivity index (χ3n) is 15.8. The molecule has 0 saturated heterocycles. The molecule has 593 valence electrons. The molecule has 24 heteroatoms. The summed E-state index contributed by atoms with van der Waals surface area (Å²) in [4.78, 5) is 42.0. The summed E-state index contributed by atoms with van der Waals surface area (Å²) in [7, 11) is 2.00. The van der Waals surface area contributed by atoms with E-state index in [0.29, 0.717) is 17.1 Å². The number of furan rings is 1. The number of allylic oxidation sites excluding steroid dienone is 4. The van der Waals surface area contributed by atoms with Crippen LogP contribution < -0.4 is 4.90 Å². The van der Waals surface area contributed by atoms with E-state index in [1.807, 2.05) is 204 Å². The van der Waals surface area contributed by atoms with Crippen molar-refractivity contribution < 1.29 is 163 Å². The first-order chi connectivity index (χ1) is 51.7. The minimum absolute atomic E-state index is 0. The summed E-state index contributed by atoms with van der Waals surface area (Å²) in [5.74, 6) is 0.497. The number of thiophene rings is 1. The number of anilines is 1. The quantitative estimate of drug-likeness (QED) is 0.0835. The van der Waals surface area contributed by atoms with E-state index in [1.54, 1.807) is 54.3 Å². The first kappa shape index (κ1) is 96.2. The Morgan fingerprint density at radius 1 is 0.540 bits per heavy atom. The fourth-order valence-electron chi connectivity index (χ4n) is 11.0. The van der Waals surface area contributed by atoms with E-state index < -0.39 is 11.7 Å². The molecular formula is C89H72F3Ir5N8O6PtS-7. The van der Waals surface area contributed by atoms with Gasteiger partial charge in [0.05, 0.1) is 17.0 Å². The van der Waals surface area contributed by atoms with Gasteiger partial charge in [-0.15, -0.1) is 119 Å². The second-order valence-electron chi connectivity index (χ2n) is 24.3. The number of aliphatic hydroxyl groups is 2. The van der Waals surface area contributed by atoms with Crippen molar-refractivity contribution in [3.05, 3.63) is 363 Å². The fraction of sp³-hybridized carbons (Fsp3) is 0.101. The monoisotopic (exact) mass is 2600 g/mol. The number of ketones is 2. The number of nitrogens with zero attached hydrogens (tertiary/aromatic N) is 8. The van der Waals surface area contributed by atoms with Crippen LogP contribution in [0.4, 0.5) is 18.9 Å². The van der Waals surface area contributed by atoms with Gasteiger partial charge in [-0.05, 0) is 129 Å². The summed E-state index contributed by atoms with van der Waals surface area (Å²) in [6.45, 7) is 12.3. The number of pyridine rings is 3. The zero-order valence-electron chi connectivity index (χ0n) is 61.4. The fourth-order valence-corrected chi connectivity index (χ4v) is 11.6. The van der Waals surface area contributed by atoms with Gasteiger partial charge in [-0.3, -0.25) is 19.3 Å². The van der Waals surface area contributed by atoms with Crippen molar-refractivity contribution in [2.75, 3.05) is 11.9 Å². The maximum Gasteiger partial charge on any atom is 0.381 e. The smallest absolute Gasteiger partial charge is 0.381 e. The van der Waals surface area contributed by atoms with Crippen molar-refractivity contribution in [1.29, 1.82) is 0 Å². The van der Waals surface area contributed by atoms with Crippen molar-refractivity contribution in [2.45, 2.75) is 53.1 Å². The van der Waals surface area contributed by atoms with Crippen LogP contribution in [0.25, 0.3) is 94.4 Å². The first-order valence-corrected chi connectivity index (χ1v) is 34.4. The molecule has 5 radical (unpaired) electrons. The molecule has 0 atom stereocenters. The van der Waals surface area contributed by atoms with Crippen molar-refractivity contribution in [3.8, 4) is 61.4 Å². The van der Waals surface area contributed by atoms with Crippen LogP contribution in [-0.4, -0.2) is 63.4 Å². The maximum atomic E-state index is 12.3. The van der Waals surface area contributed by atoms with E-state index in [0.717, 1.165) is 83.9 Å². The summed E-state index contributed by atoms with van der Waals surface area (Å²) in [5, 5.41) is 25.3. The summed E-state index contributed by atoms with van der Waals surface area (Å²) < 4.78 is 50.3. The van der Waals surface area contributed by atoms with Gasteiger partial charge in [-0.2, -0.15) is 67.4 Å². The predicted molar refractivity (Wildman–Crippen MR) is 417 cm³/mol. The Hall–Kier alpha value is -9.12. The predicted octanol–water partition coefficient (Wildman–Crippen LogP) is 21.8. The van der Waals surface area contributed by atoms with Gasteiger partial charge >= 0.3 is 6.18 Å². The molecule has 2 N–H and O–H groups in total. The number of oxazole rings is 1. The van der Waals surface area contributed by atoms with E-state index in [9.17, 15) is 22.8 Å². The molecule has 7 aromatic heterocycles. The van der Waals surface area contributed by atoms with Gasteiger partial charge in [0.2, 0.25) is 0 Å². The molecule has 8 heterocycles. The summed E-state index contributed by atoms with van der Waals surface area (Å²) >= 11 is 1.66. The first-order valence-electron chi connectivity index (χ1n) is 33.5. The number of benzene rings is 8. The van der Waals surface area contributed by atoms with E-state index in [-0.39, 0.29) is 150 Å². The van der Waals surface area contributed by atoms with Gasteiger partial charge < -0.3 is 43.8 Å². The molecule has 0 spiro atoms. The van der Waals surface area contributed by atoms with Crippen molar-refractivity contribution >= 4 is 61.6 Å². The number of alkyl halides is 3. The van der Waals surface area contributed by atoms with Crippen LogP contribution >= 0.6 is 11.3 Å². The number of hydrogen-bond donors (Lipinski definition) is 2. The molecule has 17 rings (SSSR count). The molecule has 8 aromatic carbocycles. The van der Waals surface area contributed by atoms with Crippen molar-refractivity contribution in [1.82, 2.24) is 34.6 Å². The topological polar surface area (TPSA) is 177 Å². The zero-order chi connectivity index (χ0) is 75.7. The summed E-state index contributed by atoms with van der Waals surface area (Å²) in [5.41, 5.74) is 15.2. The van der Waals surface area contributed by atoms with Gasteiger partial charge in [-0.25, -0.2) is 11.3 Å². The van der Waals surface area contributed by atoms with E-state index >= 15 is 0 Å². The normalized spacial score (nSPS) is 11.6. The number of halogens is 3. The number of hydrogen-bond acceptors (Lipinski definition) is 14. The number of rotatable bonds is 8. The SMILES string of the molecule is CC(=O)C=C(C)O.CC(=O)C=C(C)O.CC1(C)c2ccccc2-c2c[c-]c(-n3cccn3)cc21.CN1C=CN(c2[c-]ccc3c2oc2ccccc23)[CH-]1.FC(F)(F)c1c[c-]c(-c2ccccn2)cc1.[Ir].[Ir].[Ir].[Ir].[Ir].[Pt].[c-]1ccccc1-c1ccccn1.[c-]1ccccc1-c1nc2ccccc2o1.[c-]1ccsc1-c1ccccn1. The number of carbonyl (C=O) groups excluding carboxylic acids is 2. The van der Waals surface area contributed by atoms with Gasteiger partial charge in [0.1, 0.15) is 17.1 Å². The summed E-state index contributed by atoms with van der Waals surface area (Å²) in [6.07, 6.45) is 10.9. The Balaban J connectivity index is 0.000000276. The minimum atomic E-state index is -4.32. The third-order valence-corrected chi connectivity index (χ3v) is 16.6. The standard InChI is InChI=1S/C18H15N2.C16H12N2O.C13H8NO.C12H7F3N.C11H8N.C9H6NS.2C5H8O2.5Ir.Pt/c1-18(2)16-7-4-3-6-14(16)15-9-8-13(12-17(15)18)20-11-5-10-19-20;1-17-9-10-18(11-17)14-7-4-6-13-12-5-2-3-8-15(12)19-16(13)14;1-2-6-10(7-3-1)13-14-11-8-4-5-9-12(11)15-13;13-12(14,15)10-6-4-9(5-7-10)11-3-1-2-8-16-11;1-2-6-10(7-3-1)11-8-4-5-9-12-11;1-2-6-10-8(4-1)9-5-3-7-11-9;2*1-4(6)3-5(2)7;;;;;;/h3-7,9-12H,1-2H3;2-6,8-11H,1H3;1-6,8-9H;1-4,6-8H;1-6,8-9H;1-4,6-7H;2*3,6H,1-2H3;;;;;;/q-1;-2;4*-1;;;;;;;;. The van der Waals surface area contributed by atoms with E-state index in [4.69, 9.17) is 19.0 Å². The van der Waals surface area contributed by atoms with Gasteiger partial charge in [0, 0.05) is 176 Å². The number of carbonyl (C=O) groups is 2. The van der Waals surface area contributed by atoms with Crippen LogP contribution in [0, 0.1) is 43.1 Å². The Morgan fingerprint density at radius 2 is 1.12 bits per heavy atom. The molecule has 1 aliphatic heterocycles.